The Kier molecular flexibility index (Phi) is 5.83. The number of carbonyl (C=O) groups is 1. The van der Waals surface area contributed by atoms with Crippen molar-refractivity contribution in [2.24, 2.45) is 0 Å². The van der Waals surface area contributed by atoms with Crippen LogP contribution < -0.4 is 11.1 Å². The number of carbonyl (C=O) groups excluding carboxylic acids is 1. The Hall–Kier alpha value is -3.16. The fraction of sp³-hybridized carbons (Fsp3) is 0.304. The maximum atomic E-state index is 12.6. The van der Waals surface area contributed by atoms with Crippen LogP contribution in [-0.2, 0) is 6.54 Å². The monoisotopic (exact) mass is 404 g/mol. The van der Waals surface area contributed by atoms with Gasteiger partial charge in [-0.05, 0) is 49.4 Å². The van der Waals surface area contributed by atoms with Crippen LogP contribution in [0.2, 0.25) is 0 Å². The molecule has 0 aliphatic carbocycles. The molecule has 2 heterocycles. The Balaban J connectivity index is 1.37. The zero-order valence-corrected chi connectivity index (χ0v) is 17.5. The van der Waals surface area contributed by atoms with Gasteiger partial charge in [0.2, 0.25) is 0 Å². The third-order valence-electron chi connectivity index (χ3n) is 5.62. The van der Waals surface area contributed by atoms with Gasteiger partial charge in [-0.1, -0.05) is 18.2 Å². The summed E-state index contributed by atoms with van der Waals surface area (Å²) in [5, 5.41) is 10.0. The van der Waals surface area contributed by atoms with Gasteiger partial charge in [0.25, 0.3) is 5.91 Å². The number of nitrogen functional groups attached to an aromatic ring is 1. The first kappa shape index (κ1) is 20.1. The Morgan fingerprint density at radius 2 is 1.83 bits per heavy atom. The molecular formula is C23H28N6O. The molecule has 3 aromatic rings. The van der Waals surface area contributed by atoms with Crippen LogP contribution in [0, 0.1) is 6.92 Å². The van der Waals surface area contributed by atoms with Crippen LogP contribution in [0.4, 0.5) is 11.5 Å². The minimum atomic E-state index is -0.173. The van der Waals surface area contributed by atoms with Crippen LogP contribution in [-0.4, -0.2) is 59.1 Å². The molecule has 0 saturated carbocycles. The van der Waals surface area contributed by atoms with E-state index in [4.69, 9.17) is 5.73 Å². The molecule has 30 heavy (non-hydrogen) atoms. The van der Waals surface area contributed by atoms with Crippen molar-refractivity contribution in [3.8, 4) is 11.3 Å². The van der Waals surface area contributed by atoms with Crippen molar-refractivity contribution in [3.05, 3.63) is 65.2 Å². The highest BCUT2D eigenvalue weighted by Crippen LogP contribution is 2.23. The molecule has 7 nitrogen and oxygen atoms in total. The second kappa shape index (κ2) is 8.69. The number of likely N-dealkylation sites (N-methyl/N-ethyl adjacent to an activating group) is 1. The van der Waals surface area contributed by atoms with Crippen LogP contribution in [0.5, 0.6) is 0 Å². The van der Waals surface area contributed by atoms with Gasteiger partial charge in [0.1, 0.15) is 0 Å². The van der Waals surface area contributed by atoms with Gasteiger partial charge in [0, 0.05) is 55.6 Å². The molecule has 0 spiro atoms. The van der Waals surface area contributed by atoms with E-state index in [9.17, 15) is 4.79 Å². The van der Waals surface area contributed by atoms with Crippen LogP contribution in [0.3, 0.4) is 0 Å². The molecule has 156 valence electrons. The molecule has 1 fully saturated rings. The smallest absolute Gasteiger partial charge is 0.256 e. The number of piperazine rings is 1. The molecule has 1 amide bonds. The summed E-state index contributed by atoms with van der Waals surface area (Å²) in [7, 11) is 2.16. The predicted octanol–water partition coefficient (Wildman–Crippen LogP) is 2.97. The third kappa shape index (κ3) is 4.69. The van der Waals surface area contributed by atoms with E-state index in [1.807, 2.05) is 55.5 Å². The van der Waals surface area contributed by atoms with E-state index in [1.165, 1.54) is 5.56 Å². The highest BCUT2D eigenvalue weighted by molar-refractivity contribution is 6.04. The summed E-state index contributed by atoms with van der Waals surface area (Å²) in [6.45, 7) is 7.23. The summed E-state index contributed by atoms with van der Waals surface area (Å²) in [4.78, 5) is 17.4. The number of amides is 1. The topological polar surface area (TPSA) is 90.3 Å². The number of anilines is 2. The fourth-order valence-corrected chi connectivity index (χ4v) is 3.59. The molecule has 0 atom stereocenters. The maximum Gasteiger partial charge on any atom is 0.256 e. The van der Waals surface area contributed by atoms with E-state index in [0.717, 1.165) is 55.2 Å². The fourth-order valence-electron chi connectivity index (χ4n) is 3.59. The van der Waals surface area contributed by atoms with Crippen molar-refractivity contribution in [1.29, 1.82) is 0 Å². The number of nitrogens with two attached hydrogens (primary N) is 1. The molecule has 1 aliphatic heterocycles. The summed E-state index contributed by atoms with van der Waals surface area (Å²) >= 11 is 0. The van der Waals surface area contributed by atoms with E-state index < -0.39 is 0 Å². The standard InChI is InChI=1S/C23H28N6O/c1-16-13-19(7-8-20(16)24)21-14-22(27-26-21)25-23(30)18-5-3-17(4-6-18)15-29-11-9-28(2)10-12-29/h3-8,13-14H,9-12,15,24H2,1-2H3,(H2,25,26,27,30). The van der Waals surface area contributed by atoms with E-state index in [-0.39, 0.29) is 5.91 Å². The van der Waals surface area contributed by atoms with Crippen LogP contribution in [0.15, 0.2) is 48.5 Å². The van der Waals surface area contributed by atoms with Gasteiger partial charge in [-0.15, -0.1) is 0 Å². The maximum absolute atomic E-state index is 12.6. The first-order valence-corrected chi connectivity index (χ1v) is 10.2. The number of aryl methyl sites for hydroxylation is 1. The van der Waals surface area contributed by atoms with Gasteiger partial charge >= 0.3 is 0 Å². The lowest BCUT2D eigenvalue weighted by Gasteiger charge is -2.32. The summed E-state index contributed by atoms with van der Waals surface area (Å²) in [5.74, 6) is 0.318. The lowest BCUT2D eigenvalue weighted by Crippen LogP contribution is -2.43. The molecule has 0 unspecified atom stereocenters. The number of hydrogen-bond acceptors (Lipinski definition) is 5. The second-order valence-corrected chi connectivity index (χ2v) is 7.97. The highest BCUT2D eigenvalue weighted by atomic mass is 16.1. The van der Waals surface area contributed by atoms with Crippen molar-refractivity contribution in [1.82, 2.24) is 20.0 Å². The average molecular weight is 405 g/mol. The number of aromatic amines is 1. The quantitative estimate of drug-likeness (QED) is 0.569. The molecule has 1 aliphatic rings. The second-order valence-electron chi connectivity index (χ2n) is 7.97. The number of hydrogen-bond donors (Lipinski definition) is 3. The van der Waals surface area contributed by atoms with Crippen LogP contribution >= 0.6 is 0 Å². The first-order chi connectivity index (χ1) is 14.5. The third-order valence-corrected chi connectivity index (χ3v) is 5.62. The molecule has 2 aromatic carbocycles. The highest BCUT2D eigenvalue weighted by Gasteiger charge is 2.14. The lowest BCUT2D eigenvalue weighted by molar-refractivity contribution is 0.102. The largest absolute Gasteiger partial charge is 0.399 e. The number of H-pyrrole nitrogens is 1. The van der Waals surface area contributed by atoms with E-state index in [1.54, 1.807) is 0 Å². The molecule has 1 aromatic heterocycles. The molecular weight excluding hydrogens is 376 g/mol. The summed E-state index contributed by atoms with van der Waals surface area (Å²) in [6, 6.07) is 15.4. The Bertz CT molecular complexity index is 1020. The minimum Gasteiger partial charge on any atom is -0.399 e. The zero-order valence-electron chi connectivity index (χ0n) is 17.5. The van der Waals surface area contributed by atoms with E-state index in [0.29, 0.717) is 11.4 Å². The number of rotatable bonds is 5. The van der Waals surface area contributed by atoms with Crippen molar-refractivity contribution >= 4 is 17.4 Å². The lowest BCUT2D eigenvalue weighted by atomic mass is 10.1. The summed E-state index contributed by atoms with van der Waals surface area (Å²) in [5.41, 5.74) is 11.3. The van der Waals surface area contributed by atoms with Gasteiger partial charge in [-0.3, -0.25) is 14.8 Å². The molecule has 4 N–H and O–H groups in total. The van der Waals surface area contributed by atoms with Gasteiger partial charge in [0.15, 0.2) is 5.82 Å². The number of nitrogens with one attached hydrogen (secondary N) is 2. The molecule has 7 heteroatoms. The molecule has 0 bridgehead atoms. The molecule has 0 radical (unpaired) electrons. The first-order valence-electron chi connectivity index (χ1n) is 10.2. The average Bonchev–Trinajstić information content (AvgIpc) is 3.21. The number of aromatic nitrogens is 2. The van der Waals surface area contributed by atoms with Gasteiger partial charge in [-0.25, -0.2) is 0 Å². The Morgan fingerprint density at radius 1 is 1.10 bits per heavy atom. The van der Waals surface area contributed by atoms with Crippen molar-refractivity contribution in [3.63, 3.8) is 0 Å². The van der Waals surface area contributed by atoms with E-state index in [2.05, 4.69) is 32.4 Å². The van der Waals surface area contributed by atoms with Crippen LogP contribution in [0.25, 0.3) is 11.3 Å². The molecule has 1 saturated heterocycles. The minimum absolute atomic E-state index is 0.173. The Labute approximate surface area is 176 Å². The number of nitrogens with zero attached hydrogens (tertiary/aromatic N) is 3. The van der Waals surface area contributed by atoms with Crippen LogP contribution in [0.1, 0.15) is 21.5 Å². The number of benzene rings is 2. The van der Waals surface area contributed by atoms with Crippen molar-refractivity contribution in [2.45, 2.75) is 13.5 Å². The summed E-state index contributed by atoms with van der Waals surface area (Å²) < 4.78 is 0. The van der Waals surface area contributed by atoms with Crippen molar-refractivity contribution in [2.75, 3.05) is 44.3 Å². The van der Waals surface area contributed by atoms with Gasteiger partial charge in [-0.2, -0.15) is 5.10 Å². The van der Waals surface area contributed by atoms with Gasteiger partial charge in [0.05, 0.1) is 5.69 Å². The van der Waals surface area contributed by atoms with Crippen molar-refractivity contribution < 1.29 is 4.79 Å². The normalized spacial score (nSPS) is 15.3. The molecule has 4 rings (SSSR count). The summed E-state index contributed by atoms with van der Waals surface area (Å²) in [6.07, 6.45) is 0. The van der Waals surface area contributed by atoms with Gasteiger partial charge < -0.3 is 16.0 Å². The SMILES string of the molecule is Cc1cc(-c2cc(NC(=O)c3ccc(CN4CCN(C)CC4)cc3)n[nH]2)ccc1N. The predicted molar refractivity (Wildman–Crippen MR) is 120 cm³/mol. The Morgan fingerprint density at radius 3 is 2.53 bits per heavy atom. The zero-order chi connectivity index (χ0) is 21.1. The van der Waals surface area contributed by atoms with E-state index >= 15 is 0 Å².